The van der Waals surface area contributed by atoms with E-state index in [1.165, 1.54) is 51.4 Å². The Morgan fingerprint density at radius 3 is 1.29 bits per heavy atom. The third kappa shape index (κ3) is 16.0. The third-order valence-corrected chi connectivity index (χ3v) is 4.72. The molecule has 0 atom stereocenters. The number of carbonyl (C=O) groups is 2. The average Bonchev–Trinajstić information content (AvgIpc) is 2.46. The summed E-state index contributed by atoms with van der Waals surface area (Å²) in [6.07, 6.45) is 15.5. The summed E-state index contributed by atoms with van der Waals surface area (Å²) in [5.74, 6) is 0. The van der Waals surface area contributed by atoms with Crippen molar-refractivity contribution in [3.05, 3.63) is 0 Å². The van der Waals surface area contributed by atoms with E-state index in [9.17, 15) is 9.59 Å². The van der Waals surface area contributed by atoms with Crippen molar-refractivity contribution in [3.63, 3.8) is 0 Å². The molecule has 0 spiro atoms. The van der Waals surface area contributed by atoms with Crippen LogP contribution in [0.2, 0.25) is 0 Å². The van der Waals surface area contributed by atoms with Gasteiger partial charge in [-0.3, -0.25) is 0 Å². The number of unbranched alkanes of at least 4 members (excludes halogenated alkanes) is 10. The SMILES string of the molecule is CCCCCCCC[C](=O)[Co][C](=O)CCCCCCCC. The molecule has 0 amide bonds. The van der Waals surface area contributed by atoms with Gasteiger partial charge >= 0.3 is 137 Å². The molecule has 21 heavy (non-hydrogen) atoms. The predicted octanol–water partition coefficient (Wildman–Crippen LogP) is 5.62. The van der Waals surface area contributed by atoms with Crippen molar-refractivity contribution in [2.45, 2.75) is 104 Å². The Kier molecular flexibility index (Phi) is 16.1. The summed E-state index contributed by atoms with van der Waals surface area (Å²) in [4.78, 5) is 23.4. The van der Waals surface area contributed by atoms with Crippen LogP contribution < -0.4 is 0 Å². The fourth-order valence-electron chi connectivity index (χ4n) is 2.26. The Hall–Kier alpha value is -0.154. The van der Waals surface area contributed by atoms with Crippen LogP contribution in [0.5, 0.6) is 0 Å². The maximum absolute atomic E-state index is 11.7. The van der Waals surface area contributed by atoms with Gasteiger partial charge in [-0.15, -0.1) is 0 Å². The van der Waals surface area contributed by atoms with E-state index in [0.29, 0.717) is 27.5 Å². The van der Waals surface area contributed by atoms with Gasteiger partial charge in [-0.25, -0.2) is 0 Å². The number of carbonyl (C=O) groups excluding carboxylic acids is 2. The molecule has 0 rings (SSSR count). The van der Waals surface area contributed by atoms with Crippen molar-refractivity contribution >= 4 is 9.44 Å². The molecule has 0 saturated carbocycles. The van der Waals surface area contributed by atoms with Crippen molar-refractivity contribution in [3.8, 4) is 0 Å². The topological polar surface area (TPSA) is 34.1 Å². The molecule has 0 aliphatic heterocycles. The molecule has 0 N–H and O–H groups in total. The van der Waals surface area contributed by atoms with Gasteiger partial charge in [0.2, 0.25) is 0 Å². The first kappa shape index (κ1) is 20.8. The average molecular weight is 341 g/mol. The summed E-state index contributed by atoms with van der Waals surface area (Å²) in [6.45, 7) is 4.41. The van der Waals surface area contributed by atoms with E-state index in [1.807, 2.05) is 0 Å². The summed E-state index contributed by atoms with van der Waals surface area (Å²) in [5.41, 5.74) is 0. The van der Waals surface area contributed by atoms with E-state index >= 15 is 0 Å². The number of hydrogen-bond donors (Lipinski definition) is 0. The Labute approximate surface area is 137 Å². The van der Waals surface area contributed by atoms with E-state index in [-0.39, 0.29) is 9.44 Å². The van der Waals surface area contributed by atoms with Crippen LogP contribution in [0.15, 0.2) is 0 Å². The summed E-state index contributed by atoms with van der Waals surface area (Å²) in [6, 6.07) is 0. The van der Waals surface area contributed by atoms with Crippen LogP contribution in [0.1, 0.15) is 104 Å². The number of rotatable bonds is 16. The van der Waals surface area contributed by atoms with Crippen molar-refractivity contribution in [2.75, 3.05) is 0 Å². The van der Waals surface area contributed by atoms with Gasteiger partial charge in [0.1, 0.15) is 0 Å². The molecule has 0 radical (unpaired) electrons. The van der Waals surface area contributed by atoms with E-state index < -0.39 is 0 Å². The second-order valence-corrected chi connectivity index (χ2v) is 7.20. The second kappa shape index (κ2) is 16.2. The van der Waals surface area contributed by atoms with Crippen LogP contribution in [0.25, 0.3) is 0 Å². The van der Waals surface area contributed by atoms with Crippen LogP contribution in [0.3, 0.4) is 0 Å². The van der Waals surface area contributed by atoms with Crippen molar-refractivity contribution < 1.29 is 24.3 Å². The zero-order chi connectivity index (χ0) is 15.8. The normalized spacial score (nSPS) is 11.0. The Balaban J connectivity index is 3.38. The molecule has 0 heterocycles. The Morgan fingerprint density at radius 1 is 0.571 bits per heavy atom. The molecule has 0 fully saturated rings. The zero-order valence-electron chi connectivity index (χ0n) is 14.0. The van der Waals surface area contributed by atoms with Gasteiger partial charge < -0.3 is 0 Å². The summed E-state index contributed by atoms with van der Waals surface area (Å²) >= 11 is 0.475. The van der Waals surface area contributed by atoms with Crippen LogP contribution in [0, 0.1) is 0 Å². The Morgan fingerprint density at radius 2 is 0.905 bits per heavy atom. The monoisotopic (exact) mass is 341 g/mol. The first-order valence-electron chi connectivity index (χ1n) is 8.86. The molecule has 3 heteroatoms. The van der Waals surface area contributed by atoms with Gasteiger partial charge in [0.25, 0.3) is 0 Å². The quantitative estimate of drug-likeness (QED) is 0.341. The van der Waals surface area contributed by atoms with E-state index in [1.54, 1.807) is 0 Å². The van der Waals surface area contributed by atoms with Crippen LogP contribution >= 0.6 is 0 Å². The third-order valence-electron chi connectivity index (χ3n) is 3.62. The maximum atomic E-state index is 11.7. The van der Waals surface area contributed by atoms with Gasteiger partial charge in [-0.1, -0.05) is 0 Å². The van der Waals surface area contributed by atoms with Gasteiger partial charge in [-0.05, 0) is 0 Å². The molecule has 0 aromatic heterocycles. The molecule has 0 aliphatic carbocycles. The molecule has 2 nitrogen and oxygen atoms in total. The molecule has 127 valence electrons. The first-order valence-corrected chi connectivity index (χ1v) is 9.90. The van der Waals surface area contributed by atoms with Crippen LogP contribution in [0.4, 0.5) is 0 Å². The zero-order valence-corrected chi connectivity index (χ0v) is 15.1. The van der Waals surface area contributed by atoms with E-state index in [4.69, 9.17) is 0 Å². The molecular formula is C18H34CoO2. The molecule has 0 unspecified atom stereocenters. The van der Waals surface area contributed by atoms with Crippen molar-refractivity contribution in [1.82, 2.24) is 0 Å². The predicted molar refractivity (Wildman–Crippen MR) is 86.0 cm³/mol. The standard InChI is InChI=1S/2C9H17O.Co/c2*1-2-3-4-5-6-7-8-9-10;/h2*2-8H2,1H3;. The molecule has 0 aliphatic rings. The second-order valence-electron chi connectivity index (χ2n) is 5.78. The van der Waals surface area contributed by atoms with Gasteiger partial charge in [0.15, 0.2) is 0 Å². The minimum absolute atomic E-state index is 0.123. The minimum atomic E-state index is 0.123. The van der Waals surface area contributed by atoms with Crippen molar-refractivity contribution in [2.24, 2.45) is 0 Å². The van der Waals surface area contributed by atoms with E-state index in [2.05, 4.69) is 13.8 Å². The van der Waals surface area contributed by atoms with E-state index in [0.717, 1.165) is 25.7 Å². The molecule has 0 saturated heterocycles. The molecule has 0 bridgehead atoms. The fourth-order valence-corrected chi connectivity index (χ4v) is 3.21. The fraction of sp³-hybridized carbons (Fsp3) is 0.889. The van der Waals surface area contributed by atoms with Gasteiger partial charge in [0, 0.05) is 0 Å². The van der Waals surface area contributed by atoms with Crippen LogP contribution in [-0.4, -0.2) is 9.44 Å². The molecule has 0 aromatic rings. The van der Waals surface area contributed by atoms with Crippen molar-refractivity contribution in [1.29, 1.82) is 0 Å². The summed E-state index contributed by atoms with van der Waals surface area (Å²) in [7, 11) is 0. The summed E-state index contributed by atoms with van der Waals surface area (Å²) < 4.78 is 0.246. The Bertz CT molecular complexity index is 238. The number of hydrogen-bond acceptors (Lipinski definition) is 2. The molecule has 0 aromatic carbocycles. The first-order chi connectivity index (χ1) is 10.2. The van der Waals surface area contributed by atoms with Crippen LogP contribution in [-0.2, 0) is 24.3 Å². The summed E-state index contributed by atoms with van der Waals surface area (Å²) in [5, 5.41) is 0. The molecular weight excluding hydrogens is 307 g/mol. The van der Waals surface area contributed by atoms with Gasteiger partial charge in [-0.2, -0.15) is 0 Å². The van der Waals surface area contributed by atoms with Gasteiger partial charge in [0.05, 0.1) is 0 Å².